The molecule has 0 radical (unpaired) electrons. The summed E-state index contributed by atoms with van der Waals surface area (Å²) in [5.41, 5.74) is 0.374. The zero-order valence-corrected chi connectivity index (χ0v) is 19.4. The summed E-state index contributed by atoms with van der Waals surface area (Å²) in [7, 11) is 0. The number of carbonyl (C=O) groups excluding carboxylic acids is 1. The van der Waals surface area contributed by atoms with Crippen molar-refractivity contribution in [1.82, 2.24) is 10.4 Å². The molecule has 6 heteroatoms. The number of fused-ring (bicyclic) bond motifs is 2. The molecular weight excluding hydrogens is 380 g/mol. The molecule has 3 aliphatic carbocycles. The molecule has 6 nitrogen and oxygen atoms in total. The number of nitrogens with one attached hydrogen (secondary N) is 1. The monoisotopic (exact) mass is 422 g/mol. The van der Waals surface area contributed by atoms with E-state index in [1.807, 2.05) is 0 Å². The predicted molar refractivity (Wildman–Crippen MR) is 117 cm³/mol. The Bertz CT molecular complexity index is 620. The van der Waals surface area contributed by atoms with Crippen molar-refractivity contribution >= 4 is 5.91 Å². The van der Waals surface area contributed by atoms with Crippen LogP contribution >= 0.6 is 0 Å². The zero-order valence-electron chi connectivity index (χ0n) is 19.4. The molecule has 0 aromatic heterocycles. The van der Waals surface area contributed by atoms with E-state index in [1.54, 1.807) is 12.0 Å². The van der Waals surface area contributed by atoms with E-state index in [-0.39, 0.29) is 18.6 Å². The van der Waals surface area contributed by atoms with Crippen molar-refractivity contribution in [3.63, 3.8) is 0 Å². The van der Waals surface area contributed by atoms with Crippen LogP contribution in [0.25, 0.3) is 0 Å². The number of aliphatic hydroxyl groups is 2. The predicted octanol–water partition coefficient (Wildman–Crippen LogP) is 2.89. The van der Waals surface area contributed by atoms with Gasteiger partial charge >= 0.3 is 0 Å². The highest BCUT2D eigenvalue weighted by molar-refractivity contribution is 5.82. The van der Waals surface area contributed by atoms with Gasteiger partial charge in [-0.25, -0.2) is 0 Å². The highest BCUT2D eigenvalue weighted by Gasteiger charge is 2.57. The van der Waals surface area contributed by atoms with Gasteiger partial charge < -0.3 is 15.5 Å². The normalized spacial score (nSPS) is 39.1. The molecule has 8 atom stereocenters. The second-order valence-electron chi connectivity index (χ2n) is 10.3. The minimum Gasteiger partial charge on any atom is -0.394 e. The Kier molecular flexibility index (Phi) is 7.65. The third kappa shape index (κ3) is 4.47. The van der Waals surface area contributed by atoms with E-state index in [9.17, 15) is 15.0 Å². The summed E-state index contributed by atoms with van der Waals surface area (Å²) in [4.78, 5) is 19.4. The van der Waals surface area contributed by atoms with E-state index in [1.165, 1.54) is 6.42 Å². The van der Waals surface area contributed by atoms with Crippen LogP contribution in [-0.4, -0.2) is 58.6 Å². The molecule has 1 heterocycles. The molecule has 1 unspecified atom stereocenters. The minimum absolute atomic E-state index is 0.0723. The number of nitrogens with zero attached hydrogens (tertiary/aromatic N) is 1. The molecule has 0 aromatic rings. The average Bonchev–Trinajstić information content (AvgIpc) is 3.07. The van der Waals surface area contributed by atoms with Crippen LogP contribution in [0, 0.1) is 29.1 Å². The van der Waals surface area contributed by atoms with Gasteiger partial charge in [-0.1, -0.05) is 39.8 Å². The average molecular weight is 423 g/mol. The van der Waals surface area contributed by atoms with Crippen LogP contribution in [0.3, 0.4) is 0 Å². The van der Waals surface area contributed by atoms with Gasteiger partial charge in [0, 0.05) is 18.5 Å². The van der Waals surface area contributed by atoms with Crippen molar-refractivity contribution in [2.24, 2.45) is 29.1 Å². The lowest BCUT2D eigenvalue weighted by molar-refractivity contribution is -0.178. The maximum Gasteiger partial charge on any atom is 0.240 e. The summed E-state index contributed by atoms with van der Waals surface area (Å²) < 4.78 is 0. The van der Waals surface area contributed by atoms with E-state index in [4.69, 9.17) is 4.84 Å². The number of hydroxylamine groups is 2. The summed E-state index contributed by atoms with van der Waals surface area (Å²) in [6.45, 7) is 11.2. The summed E-state index contributed by atoms with van der Waals surface area (Å²) in [5.74, 6) is 1.26. The Balaban J connectivity index is 1.68. The van der Waals surface area contributed by atoms with Crippen molar-refractivity contribution in [2.75, 3.05) is 13.2 Å². The molecule has 0 spiro atoms. The number of carbonyl (C=O) groups is 1. The van der Waals surface area contributed by atoms with Gasteiger partial charge in [-0.3, -0.25) is 9.63 Å². The third-order valence-electron chi connectivity index (χ3n) is 8.21. The Hall–Kier alpha value is -0.950. The van der Waals surface area contributed by atoms with Crippen LogP contribution in [0.5, 0.6) is 0 Å². The fraction of sp³-hybridized carbons (Fsp3) is 0.875. The van der Waals surface area contributed by atoms with Crippen molar-refractivity contribution in [3.8, 4) is 0 Å². The number of rotatable bonds is 9. The number of hydrogen-bond acceptors (Lipinski definition) is 5. The molecule has 172 valence electrons. The van der Waals surface area contributed by atoms with E-state index in [2.05, 4.69) is 45.2 Å². The van der Waals surface area contributed by atoms with Crippen molar-refractivity contribution in [3.05, 3.63) is 12.2 Å². The smallest absolute Gasteiger partial charge is 0.240 e. The van der Waals surface area contributed by atoms with Crippen molar-refractivity contribution in [1.29, 1.82) is 0 Å². The minimum atomic E-state index is -0.737. The first kappa shape index (κ1) is 23.7. The Morgan fingerprint density at radius 1 is 1.33 bits per heavy atom. The van der Waals surface area contributed by atoms with Crippen molar-refractivity contribution in [2.45, 2.75) is 91.0 Å². The summed E-state index contributed by atoms with van der Waals surface area (Å²) >= 11 is 0. The first-order valence-corrected chi connectivity index (χ1v) is 11.9. The molecule has 1 aliphatic heterocycles. The SMILES string of the molecule is CC/C=C\CCCN1O[C@@H](CO)[C@@H]([C@H](C)O)[C@H]1C(=O)N[C@H]1C[C@H]2C[C@@H](C1C)C2(C)C. The van der Waals surface area contributed by atoms with E-state index in [0.29, 0.717) is 29.7 Å². The third-order valence-corrected chi connectivity index (χ3v) is 8.21. The van der Waals surface area contributed by atoms with Crippen LogP contribution < -0.4 is 5.32 Å². The molecule has 1 saturated heterocycles. The molecule has 4 fully saturated rings. The van der Waals surface area contributed by atoms with Gasteiger partial charge in [-0.2, -0.15) is 5.06 Å². The summed E-state index contributed by atoms with van der Waals surface area (Å²) in [6.07, 6.45) is 8.09. The van der Waals surface area contributed by atoms with E-state index < -0.39 is 24.2 Å². The molecule has 2 bridgehead atoms. The van der Waals surface area contributed by atoms with Gasteiger partial charge in [0.15, 0.2) is 0 Å². The number of amides is 1. The maximum atomic E-state index is 13.4. The summed E-state index contributed by atoms with van der Waals surface area (Å²) in [5, 5.41) is 25.2. The Labute approximate surface area is 182 Å². The molecule has 3 N–H and O–H groups in total. The molecule has 0 aromatic carbocycles. The van der Waals surface area contributed by atoms with Gasteiger partial charge in [0.25, 0.3) is 0 Å². The quantitative estimate of drug-likeness (QED) is 0.393. The van der Waals surface area contributed by atoms with Crippen LogP contribution in [-0.2, 0) is 9.63 Å². The Morgan fingerprint density at radius 2 is 2.07 bits per heavy atom. The van der Waals surface area contributed by atoms with Gasteiger partial charge in [0.1, 0.15) is 12.1 Å². The van der Waals surface area contributed by atoms with E-state index in [0.717, 1.165) is 25.7 Å². The lowest BCUT2D eigenvalue weighted by Gasteiger charge is -2.62. The molecule has 30 heavy (non-hydrogen) atoms. The topological polar surface area (TPSA) is 82.0 Å². The second kappa shape index (κ2) is 9.68. The highest BCUT2D eigenvalue weighted by Crippen LogP contribution is 2.61. The van der Waals surface area contributed by atoms with Gasteiger partial charge in [-0.15, -0.1) is 0 Å². The maximum absolute atomic E-state index is 13.4. The number of aliphatic hydroxyl groups excluding tert-OH is 2. The van der Waals surface area contributed by atoms with E-state index >= 15 is 0 Å². The van der Waals surface area contributed by atoms with Crippen LogP contribution in [0.4, 0.5) is 0 Å². The van der Waals surface area contributed by atoms with Crippen molar-refractivity contribution < 1.29 is 19.8 Å². The zero-order chi connectivity index (χ0) is 22.1. The van der Waals surface area contributed by atoms with Crippen LogP contribution in [0.1, 0.15) is 66.7 Å². The van der Waals surface area contributed by atoms with Gasteiger partial charge in [0.05, 0.1) is 12.7 Å². The molecule has 4 aliphatic rings. The highest BCUT2D eigenvalue weighted by atomic mass is 16.7. The molecule has 4 rings (SSSR count). The number of allylic oxidation sites excluding steroid dienone is 2. The summed E-state index contributed by atoms with van der Waals surface area (Å²) in [6, 6.07) is -0.401. The molecule has 1 amide bonds. The lowest BCUT2D eigenvalue weighted by Crippen LogP contribution is -2.62. The fourth-order valence-corrected chi connectivity index (χ4v) is 6.19. The lowest BCUT2D eigenvalue weighted by atomic mass is 9.45. The molecular formula is C24H42N2O4. The number of unbranched alkanes of at least 4 members (excludes halogenated alkanes) is 1. The standard InChI is InChI=1S/C24H42N2O4/c1-6-7-8-9-10-11-26-22(21(16(3)28)20(14-27)30-26)23(29)25-19-13-17-12-18(15(19)2)24(17,4)5/h7-8,15-22,27-28H,6,9-14H2,1-5H3,(H,25,29)/b8-7-/t15?,16-,17+,18-,19-,20-,21+,22-/m0/s1. The van der Waals surface area contributed by atoms with Gasteiger partial charge in [0.2, 0.25) is 5.91 Å². The first-order chi connectivity index (χ1) is 14.2. The van der Waals surface area contributed by atoms with Crippen LogP contribution in [0.15, 0.2) is 12.2 Å². The largest absolute Gasteiger partial charge is 0.394 e. The second-order valence-corrected chi connectivity index (χ2v) is 10.3. The Morgan fingerprint density at radius 3 is 2.63 bits per heavy atom. The fourth-order valence-electron chi connectivity index (χ4n) is 6.19. The van der Waals surface area contributed by atoms with Gasteiger partial charge in [-0.05, 0) is 62.2 Å². The number of hydrogen-bond donors (Lipinski definition) is 3. The molecule has 3 saturated carbocycles. The van der Waals surface area contributed by atoms with Crippen LogP contribution in [0.2, 0.25) is 0 Å². The first-order valence-electron chi connectivity index (χ1n) is 11.9.